The summed E-state index contributed by atoms with van der Waals surface area (Å²) in [5.74, 6) is 0.505. The van der Waals surface area contributed by atoms with Gasteiger partial charge in [-0.3, -0.25) is 4.90 Å². The zero-order valence-electron chi connectivity index (χ0n) is 9.99. The molecule has 18 heavy (non-hydrogen) atoms. The third-order valence-corrected chi connectivity index (χ3v) is 3.30. The highest BCUT2D eigenvalue weighted by molar-refractivity contribution is 5.73. The fourth-order valence-corrected chi connectivity index (χ4v) is 2.35. The summed E-state index contributed by atoms with van der Waals surface area (Å²) in [6, 6.07) is 7.21. The second-order valence-corrected chi connectivity index (χ2v) is 4.48. The largest absolute Gasteiger partial charge is 0.301 e. The molecule has 1 saturated heterocycles. The van der Waals surface area contributed by atoms with E-state index in [0.717, 1.165) is 43.3 Å². The molecule has 2 heterocycles. The average molecular weight is 242 g/mol. The molecule has 5 nitrogen and oxygen atoms in total. The van der Waals surface area contributed by atoms with Crippen molar-refractivity contribution in [3.63, 3.8) is 0 Å². The summed E-state index contributed by atoms with van der Waals surface area (Å²) in [5.41, 5.74) is 1.54. The summed E-state index contributed by atoms with van der Waals surface area (Å²) < 4.78 is 0. The van der Waals surface area contributed by atoms with Gasteiger partial charge in [0.25, 0.3) is 0 Å². The fourth-order valence-electron chi connectivity index (χ4n) is 2.35. The number of aromatic nitrogens is 3. The van der Waals surface area contributed by atoms with Crippen LogP contribution in [0.1, 0.15) is 24.7 Å². The van der Waals surface area contributed by atoms with E-state index in [1.807, 2.05) is 24.3 Å². The predicted octanol–water partition coefficient (Wildman–Crippen LogP) is 1.36. The summed E-state index contributed by atoms with van der Waals surface area (Å²) in [4.78, 5) is 17.8. The molecule has 2 aromatic rings. The van der Waals surface area contributed by atoms with Crippen molar-refractivity contribution in [3.8, 4) is 0 Å². The van der Waals surface area contributed by atoms with Crippen LogP contribution in [0.15, 0.2) is 24.3 Å². The van der Waals surface area contributed by atoms with Gasteiger partial charge in [0.05, 0.1) is 5.52 Å². The third-order valence-electron chi connectivity index (χ3n) is 3.30. The van der Waals surface area contributed by atoms with E-state index < -0.39 is 0 Å². The van der Waals surface area contributed by atoms with E-state index >= 15 is 0 Å². The van der Waals surface area contributed by atoms with Crippen LogP contribution in [0.2, 0.25) is 0 Å². The van der Waals surface area contributed by atoms with Gasteiger partial charge in [0.1, 0.15) is 17.8 Å². The Morgan fingerprint density at radius 1 is 1.11 bits per heavy atom. The van der Waals surface area contributed by atoms with Gasteiger partial charge in [-0.1, -0.05) is 12.1 Å². The monoisotopic (exact) mass is 242 g/mol. The quantitative estimate of drug-likeness (QED) is 0.761. The maximum Gasteiger partial charge on any atom is 0.176 e. The van der Waals surface area contributed by atoms with Crippen LogP contribution in [0.3, 0.4) is 0 Å². The highest BCUT2D eigenvalue weighted by atomic mass is 16.1. The lowest BCUT2D eigenvalue weighted by molar-refractivity contribution is -0.112. The van der Waals surface area contributed by atoms with Crippen LogP contribution in [0.5, 0.6) is 0 Å². The molecule has 1 unspecified atom stereocenters. The van der Waals surface area contributed by atoms with Gasteiger partial charge < -0.3 is 4.79 Å². The van der Waals surface area contributed by atoms with Crippen molar-refractivity contribution < 1.29 is 4.79 Å². The van der Waals surface area contributed by atoms with Gasteiger partial charge in [-0.15, -0.1) is 10.2 Å². The van der Waals surface area contributed by atoms with Crippen molar-refractivity contribution in [2.24, 2.45) is 0 Å². The molecule has 1 aliphatic heterocycles. The molecular formula is C13H14N4O. The van der Waals surface area contributed by atoms with E-state index in [1.54, 1.807) is 0 Å². The van der Waals surface area contributed by atoms with E-state index in [4.69, 9.17) is 0 Å². The average Bonchev–Trinajstić information content (AvgIpc) is 2.93. The molecule has 0 aliphatic carbocycles. The Kier molecular flexibility index (Phi) is 2.98. The second-order valence-electron chi connectivity index (χ2n) is 4.48. The number of fused-ring (bicyclic) bond motifs is 1. The topological polar surface area (TPSA) is 59.0 Å². The molecule has 0 N–H and O–H groups in total. The molecule has 5 heteroatoms. The Morgan fingerprint density at radius 2 is 1.83 bits per heavy atom. The Morgan fingerprint density at radius 3 is 2.56 bits per heavy atom. The van der Waals surface area contributed by atoms with Crippen molar-refractivity contribution in [3.05, 3.63) is 30.1 Å². The van der Waals surface area contributed by atoms with Crippen LogP contribution in [-0.4, -0.2) is 39.5 Å². The van der Waals surface area contributed by atoms with E-state index in [-0.39, 0.29) is 6.04 Å². The van der Waals surface area contributed by atoms with Crippen molar-refractivity contribution in [2.75, 3.05) is 13.1 Å². The van der Waals surface area contributed by atoms with Gasteiger partial charge in [0.15, 0.2) is 5.82 Å². The van der Waals surface area contributed by atoms with Gasteiger partial charge in [0.2, 0.25) is 0 Å². The molecule has 0 radical (unpaired) electrons. The van der Waals surface area contributed by atoms with Crippen LogP contribution in [0.4, 0.5) is 0 Å². The van der Waals surface area contributed by atoms with E-state index in [2.05, 4.69) is 20.1 Å². The van der Waals surface area contributed by atoms with Gasteiger partial charge >= 0.3 is 0 Å². The van der Waals surface area contributed by atoms with E-state index in [1.165, 1.54) is 0 Å². The Bertz CT molecular complexity index is 566. The van der Waals surface area contributed by atoms with E-state index in [0.29, 0.717) is 5.82 Å². The molecule has 1 fully saturated rings. The molecule has 0 spiro atoms. The summed E-state index contributed by atoms with van der Waals surface area (Å²) in [6.07, 6.45) is 3.17. The van der Waals surface area contributed by atoms with Crippen molar-refractivity contribution in [1.82, 2.24) is 20.1 Å². The first-order chi connectivity index (χ1) is 8.88. The molecule has 0 bridgehead atoms. The number of nitrogens with zero attached hydrogens (tertiary/aromatic N) is 4. The normalized spacial score (nSPS) is 18.0. The second kappa shape index (κ2) is 4.78. The van der Waals surface area contributed by atoms with Crippen LogP contribution in [0, 0.1) is 0 Å². The highest BCUT2D eigenvalue weighted by Gasteiger charge is 2.25. The number of likely N-dealkylation sites (tertiary alicyclic amines) is 1. The molecule has 1 aliphatic rings. The van der Waals surface area contributed by atoms with Gasteiger partial charge in [0, 0.05) is 0 Å². The number of rotatable bonds is 3. The van der Waals surface area contributed by atoms with Gasteiger partial charge in [-0.05, 0) is 38.1 Å². The minimum Gasteiger partial charge on any atom is -0.301 e. The van der Waals surface area contributed by atoms with Crippen LogP contribution >= 0.6 is 0 Å². The number of carbonyl (C=O) groups excluding carboxylic acids is 1. The molecule has 1 aromatic carbocycles. The smallest absolute Gasteiger partial charge is 0.176 e. The first kappa shape index (κ1) is 11.2. The Labute approximate surface area is 105 Å². The minimum atomic E-state index is -0.357. The maximum atomic E-state index is 11.3. The lowest BCUT2D eigenvalue weighted by Gasteiger charge is -2.20. The van der Waals surface area contributed by atoms with Gasteiger partial charge in [-0.2, -0.15) is 0 Å². The summed E-state index contributed by atoms with van der Waals surface area (Å²) in [5, 5.41) is 8.21. The number of para-hydroxylation sites is 1. The Balaban J connectivity index is 1.98. The standard InChI is InChI=1S/C13H14N4O/c18-9-12(17-7-3-4-8-17)13-14-10-5-1-2-6-11(10)15-16-13/h1-2,5-6,9,12H,3-4,7-8H2. The number of hydrogen-bond donors (Lipinski definition) is 0. The first-order valence-corrected chi connectivity index (χ1v) is 6.17. The van der Waals surface area contributed by atoms with Crippen LogP contribution in [0.25, 0.3) is 11.0 Å². The summed E-state index contributed by atoms with van der Waals surface area (Å²) in [6.45, 7) is 1.86. The SMILES string of the molecule is O=CC(c1nnc2ccccc2n1)N1CCCC1. The lowest BCUT2D eigenvalue weighted by atomic mass is 10.2. The maximum absolute atomic E-state index is 11.3. The van der Waals surface area contributed by atoms with Crippen molar-refractivity contribution in [1.29, 1.82) is 0 Å². The molecule has 1 atom stereocenters. The molecule has 3 rings (SSSR count). The number of carbonyl (C=O) groups is 1. The van der Waals surface area contributed by atoms with Crippen LogP contribution in [-0.2, 0) is 4.79 Å². The molecular weight excluding hydrogens is 228 g/mol. The zero-order chi connectivity index (χ0) is 12.4. The third kappa shape index (κ3) is 1.97. The zero-order valence-corrected chi connectivity index (χ0v) is 9.99. The van der Waals surface area contributed by atoms with Crippen molar-refractivity contribution in [2.45, 2.75) is 18.9 Å². The summed E-state index contributed by atoms with van der Waals surface area (Å²) in [7, 11) is 0. The van der Waals surface area contributed by atoms with E-state index in [9.17, 15) is 4.79 Å². The lowest BCUT2D eigenvalue weighted by Crippen LogP contribution is -2.28. The number of benzene rings is 1. The fraction of sp³-hybridized carbons (Fsp3) is 0.385. The number of aldehydes is 1. The highest BCUT2D eigenvalue weighted by Crippen LogP contribution is 2.21. The van der Waals surface area contributed by atoms with Crippen molar-refractivity contribution >= 4 is 17.3 Å². The predicted molar refractivity (Wildman–Crippen MR) is 66.9 cm³/mol. The summed E-state index contributed by atoms with van der Waals surface area (Å²) >= 11 is 0. The minimum absolute atomic E-state index is 0.357. The number of hydrogen-bond acceptors (Lipinski definition) is 5. The van der Waals surface area contributed by atoms with Crippen LogP contribution < -0.4 is 0 Å². The Hall–Kier alpha value is -1.88. The van der Waals surface area contributed by atoms with Gasteiger partial charge in [-0.25, -0.2) is 4.98 Å². The first-order valence-electron chi connectivity index (χ1n) is 6.17. The molecule has 1 aromatic heterocycles. The molecule has 0 saturated carbocycles. The molecule has 92 valence electrons. The molecule has 0 amide bonds.